The average molecular weight is 249 g/mol. The Balaban J connectivity index is 1.77. The molecule has 2 aliphatic rings. The van der Waals surface area contributed by atoms with Crippen molar-refractivity contribution < 1.29 is 4.39 Å². The lowest BCUT2D eigenvalue weighted by molar-refractivity contribution is 0.401. The molecule has 3 nitrogen and oxygen atoms in total. The first-order chi connectivity index (χ1) is 8.66. The number of halogens is 1. The van der Waals surface area contributed by atoms with Gasteiger partial charge in [-0.2, -0.15) is 0 Å². The van der Waals surface area contributed by atoms with Crippen molar-refractivity contribution in [2.75, 3.05) is 33.7 Å². The molecule has 0 unspecified atom stereocenters. The summed E-state index contributed by atoms with van der Waals surface area (Å²) in [5, 5.41) is 3.38. The standard InChI is InChI=1S/C14H20FN3/c1-18(2)8-7-16-6-5-11-10-17-14-4-3-12(15)9-13(11)14/h3,9-10,16H,4-8H2,1-2H3. The van der Waals surface area contributed by atoms with Gasteiger partial charge in [0.15, 0.2) is 0 Å². The molecule has 0 aromatic carbocycles. The molecule has 1 heterocycles. The molecule has 98 valence electrons. The quantitative estimate of drug-likeness (QED) is 0.730. The molecule has 0 atom stereocenters. The second-order valence-electron chi connectivity index (χ2n) is 4.88. The summed E-state index contributed by atoms with van der Waals surface area (Å²) in [7, 11) is 4.12. The molecule has 4 heteroatoms. The Hall–Kier alpha value is -1.26. The minimum Gasteiger partial charge on any atom is -0.315 e. The van der Waals surface area contributed by atoms with Crippen LogP contribution < -0.4 is 5.32 Å². The van der Waals surface area contributed by atoms with E-state index in [1.54, 1.807) is 12.2 Å². The van der Waals surface area contributed by atoms with E-state index < -0.39 is 0 Å². The third-order valence-electron chi connectivity index (χ3n) is 3.11. The zero-order chi connectivity index (χ0) is 13.0. The van der Waals surface area contributed by atoms with Crippen LogP contribution in [0.1, 0.15) is 12.8 Å². The summed E-state index contributed by atoms with van der Waals surface area (Å²) in [5.41, 5.74) is 3.13. The molecular weight excluding hydrogens is 229 g/mol. The van der Waals surface area contributed by atoms with Gasteiger partial charge in [0.1, 0.15) is 5.83 Å². The minimum absolute atomic E-state index is 0.141. The second-order valence-corrected chi connectivity index (χ2v) is 4.88. The van der Waals surface area contributed by atoms with Crippen LogP contribution in [0.2, 0.25) is 0 Å². The molecule has 0 spiro atoms. The van der Waals surface area contributed by atoms with Crippen LogP contribution >= 0.6 is 0 Å². The molecule has 1 N–H and O–H groups in total. The lowest BCUT2D eigenvalue weighted by atomic mass is 9.95. The van der Waals surface area contributed by atoms with Gasteiger partial charge in [-0.25, -0.2) is 4.39 Å². The van der Waals surface area contributed by atoms with E-state index in [9.17, 15) is 4.39 Å². The number of hydrogen-bond donors (Lipinski definition) is 1. The molecule has 1 aliphatic heterocycles. The number of hydrogen-bond acceptors (Lipinski definition) is 3. The van der Waals surface area contributed by atoms with Gasteiger partial charge in [-0.3, -0.25) is 4.99 Å². The van der Waals surface area contributed by atoms with Crippen LogP contribution in [0.25, 0.3) is 0 Å². The summed E-state index contributed by atoms with van der Waals surface area (Å²) in [5.74, 6) is -0.141. The van der Waals surface area contributed by atoms with Crippen molar-refractivity contribution >= 4 is 5.71 Å². The van der Waals surface area contributed by atoms with Gasteiger partial charge in [-0.15, -0.1) is 0 Å². The lowest BCUT2D eigenvalue weighted by Gasteiger charge is -2.13. The number of nitrogens with one attached hydrogen (secondary N) is 1. The Kier molecular flexibility index (Phi) is 4.44. The summed E-state index contributed by atoms with van der Waals surface area (Å²) >= 11 is 0. The van der Waals surface area contributed by atoms with E-state index in [2.05, 4.69) is 29.3 Å². The first-order valence-electron chi connectivity index (χ1n) is 6.36. The van der Waals surface area contributed by atoms with Crippen molar-refractivity contribution in [3.63, 3.8) is 0 Å². The van der Waals surface area contributed by atoms with Crippen LogP contribution in [0.4, 0.5) is 4.39 Å². The van der Waals surface area contributed by atoms with Gasteiger partial charge < -0.3 is 10.2 Å². The van der Waals surface area contributed by atoms with Gasteiger partial charge in [-0.05, 0) is 44.8 Å². The monoisotopic (exact) mass is 249 g/mol. The fourth-order valence-electron chi connectivity index (χ4n) is 2.06. The van der Waals surface area contributed by atoms with Crippen LogP contribution in [0, 0.1) is 0 Å². The Morgan fingerprint density at radius 2 is 2.22 bits per heavy atom. The smallest absolute Gasteiger partial charge is 0.120 e. The molecule has 2 rings (SSSR count). The van der Waals surface area contributed by atoms with Gasteiger partial charge >= 0.3 is 0 Å². The maximum Gasteiger partial charge on any atom is 0.120 e. The lowest BCUT2D eigenvalue weighted by Crippen LogP contribution is -2.27. The largest absolute Gasteiger partial charge is 0.315 e. The highest BCUT2D eigenvalue weighted by atomic mass is 19.1. The van der Waals surface area contributed by atoms with Gasteiger partial charge in [-0.1, -0.05) is 0 Å². The first-order valence-corrected chi connectivity index (χ1v) is 6.36. The fourth-order valence-corrected chi connectivity index (χ4v) is 2.06. The number of rotatable bonds is 6. The van der Waals surface area contributed by atoms with Gasteiger partial charge in [0.2, 0.25) is 0 Å². The summed E-state index contributed by atoms with van der Waals surface area (Å²) < 4.78 is 13.2. The summed E-state index contributed by atoms with van der Waals surface area (Å²) in [6.45, 7) is 2.91. The molecule has 0 saturated heterocycles. The molecule has 1 aliphatic carbocycles. The molecule has 0 amide bonds. The summed E-state index contributed by atoms with van der Waals surface area (Å²) in [6.07, 6.45) is 6.57. The van der Waals surface area contributed by atoms with E-state index in [1.165, 1.54) is 0 Å². The topological polar surface area (TPSA) is 27.6 Å². The highest BCUT2D eigenvalue weighted by Gasteiger charge is 2.19. The normalized spacial score (nSPS) is 18.2. The van der Waals surface area contributed by atoms with E-state index in [0.717, 1.165) is 42.9 Å². The van der Waals surface area contributed by atoms with E-state index in [-0.39, 0.29) is 5.83 Å². The van der Waals surface area contributed by atoms with Gasteiger partial charge in [0.05, 0.1) is 5.71 Å². The number of allylic oxidation sites excluding steroid dienone is 4. The fraction of sp³-hybridized carbons (Fsp3) is 0.500. The maximum atomic E-state index is 13.2. The third kappa shape index (κ3) is 3.37. The highest BCUT2D eigenvalue weighted by Crippen LogP contribution is 2.28. The molecule has 0 radical (unpaired) electrons. The molecule has 0 aromatic rings. The predicted octanol–water partition coefficient (Wildman–Crippen LogP) is 2.05. The Morgan fingerprint density at radius 1 is 1.39 bits per heavy atom. The number of aliphatic imine (C=N–C) groups is 1. The molecule has 0 fully saturated rings. The number of likely N-dealkylation sites (N-methyl/N-ethyl adjacent to an activating group) is 1. The van der Waals surface area contributed by atoms with Crippen molar-refractivity contribution in [3.8, 4) is 0 Å². The SMILES string of the molecule is CN(C)CCNCCC1=CN=C2CC=C(F)C=C12. The second kappa shape index (κ2) is 6.07. The van der Waals surface area contributed by atoms with Gasteiger partial charge in [0, 0.05) is 31.3 Å². The van der Waals surface area contributed by atoms with Crippen LogP contribution in [0.5, 0.6) is 0 Å². The first kappa shape index (κ1) is 13.2. The third-order valence-corrected chi connectivity index (χ3v) is 3.11. The van der Waals surface area contributed by atoms with Gasteiger partial charge in [0.25, 0.3) is 0 Å². The Labute approximate surface area is 108 Å². The van der Waals surface area contributed by atoms with E-state index in [0.29, 0.717) is 6.42 Å². The molecule has 18 heavy (non-hydrogen) atoms. The van der Waals surface area contributed by atoms with E-state index in [4.69, 9.17) is 0 Å². The zero-order valence-electron chi connectivity index (χ0n) is 11.0. The van der Waals surface area contributed by atoms with Crippen molar-refractivity contribution in [2.24, 2.45) is 4.99 Å². The van der Waals surface area contributed by atoms with Crippen molar-refractivity contribution in [3.05, 3.63) is 35.3 Å². The molecule has 0 bridgehead atoms. The van der Waals surface area contributed by atoms with E-state index >= 15 is 0 Å². The molecule has 0 saturated carbocycles. The van der Waals surface area contributed by atoms with Crippen LogP contribution in [0.3, 0.4) is 0 Å². The van der Waals surface area contributed by atoms with Crippen LogP contribution in [0.15, 0.2) is 40.3 Å². The number of nitrogens with zero attached hydrogens (tertiary/aromatic N) is 2. The summed E-state index contributed by atoms with van der Waals surface area (Å²) in [4.78, 5) is 6.49. The zero-order valence-corrected chi connectivity index (χ0v) is 11.0. The van der Waals surface area contributed by atoms with Crippen LogP contribution in [-0.4, -0.2) is 44.3 Å². The average Bonchev–Trinajstić information content (AvgIpc) is 2.71. The minimum atomic E-state index is -0.141. The van der Waals surface area contributed by atoms with Crippen molar-refractivity contribution in [2.45, 2.75) is 12.8 Å². The number of fused-ring (bicyclic) bond motifs is 1. The Bertz CT molecular complexity index is 430. The molecular formula is C14H20FN3. The predicted molar refractivity (Wildman–Crippen MR) is 73.4 cm³/mol. The summed E-state index contributed by atoms with van der Waals surface area (Å²) in [6, 6.07) is 0. The highest BCUT2D eigenvalue weighted by molar-refractivity contribution is 6.08. The molecule has 0 aromatic heterocycles. The maximum absolute atomic E-state index is 13.2. The van der Waals surface area contributed by atoms with Crippen molar-refractivity contribution in [1.29, 1.82) is 0 Å². The van der Waals surface area contributed by atoms with Crippen molar-refractivity contribution in [1.82, 2.24) is 10.2 Å². The van der Waals surface area contributed by atoms with Crippen LogP contribution in [-0.2, 0) is 0 Å². The Morgan fingerprint density at radius 3 is 3.00 bits per heavy atom. The van der Waals surface area contributed by atoms with E-state index in [1.807, 2.05) is 6.20 Å².